The van der Waals surface area contributed by atoms with Gasteiger partial charge in [0.05, 0.1) is 12.1 Å². The molecule has 2 aliphatic rings. The van der Waals surface area contributed by atoms with Crippen LogP contribution in [0.25, 0.3) is 0 Å². The van der Waals surface area contributed by atoms with Gasteiger partial charge in [-0.05, 0) is 146 Å². The van der Waals surface area contributed by atoms with Gasteiger partial charge in [-0.25, -0.2) is 0 Å². The summed E-state index contributed by atoms with van der Waals surface area (Å²) in [4.78, 5) is 68.7. The Labute approximate surface area is 564 Å². The van der Waals surface area contributed by atoms with Crippen LogP contribution < -0.4 is 40.2 Å². The van der Waals surface area contributed by atoms with Gasteiger partial charge in [-0.1, -0.05) is 86.7 Å². The maximum atomic E-state index is 12.3. The highest BCUT2D eigenvalue weighted by atomic mass is 16.5. The van der Waals surface area contributed by atoms with Crippen molar-refractivity contribution in [1.29, 1.82) is 0 Å². The zero-order chi connectivity index (χ0) is 68.0. The second kappa shape index (κ2) is 36.7. The first-order valence-corrected chi connectivity index (χ1v) is 31.9. The molecule has 0 aliphatic heterocycles. The molecule has 2 bridgehead atoms. The number of nitrogens with zero attached hydrogens (tertiary/aromatic N) is 7. The molecule has 20 nitrogen and oxygen atoms in total. The lowest BCUT2D eigenvalue weighted by atomic mass is 9.93. The van der Waals surface area contributed by atoms with Crippen LogP contribution in [0.2, 0.25) is 0 Å². The summed E-state index contributed by atoms with van der Waals surface area (Å²) in [6, 6.07) is 49.9. The minimum absolute atomic E-state index is 0.0904. The minimum atomic E-state index is -1.00. The fourth-order valence-electron chi connectivity index (χ4n) is 10.4. The molecule has 0 radical (unpaired) electrons. The average Bonchev–Trinajstić information content (AvgIpc) is 1.76. The van der Waals surface area contributed by atoms with E-state index in [1.54, 1.807) is 116 Å². The quantitative estimate of drug-likeness (QED) is 0.0278. The number of aliphatic hydroxyl groups excluding tert-OH is 1. The molecule has 4 atom stereocenters. The third-order valence-electron chi connectivity index (χ3n) is 15.1. The van der Waals surface area contributed by atoms with Gasteiger partial charge in [0, 0.05) is 138 Å². The molecule has 0 saturated heterocycles. The number of allylic oxidation sites excluding steroid dienone is 3. The van der Waals surface area contributed by atoms with Crippen molar-refractivity contribution >= 4 is 46.4 Å². The standard InChI is InChI=1S/C22H22N2O2.C19H17N3O2.C18H18N4O2.C18H22N2O3/c25-22(9-8-19-12-16-6-7-18(19)11-16)24-20-4-1-5-21(13-20)26-15-17-3-2-10-23-14-17;23-19(10-15-4-2-8-20-12-15)22-17-6-1-7-18(11-17)24-14-16-5-3-9-21-13-16;1-13-9-17(22(2)21-13)18(23)20-15-6-3-7-16(10-15)24-12-14-5-4-8-19-11-14;1-13(2)9-17(21)18(22)20-15-6-3-7-16(10-15)23-12-14-5-4-8-19-11-14/h1-10,13-14,16,18-19H,11-12,15H2,(H,24,25);1-9,11-13H,10,14H2,(H,22,23);3-11H,12H2,1-2H3,(H,20,23);3-8,10-11,13,17,21H,9,12H2,1-2H3,(H,20,22)/b9-8+;;;/t16-,18+,19?;;;/m0.../s1. The van der Waals surface area contributed by atoms with Crippen LogP contribution >= 0.6 is 0 Å². The zero-order valence-corrected chi connectivity index (χ0v) is 54.6. The van der Waals surface area contributed by atoms with E-state index in [1.807, 2.05) is 148 Å². The summed E-state index contributed by atoms with van der Waals surface area (Å²) in [6.45, 7) is 7.48. The molecule has 4 amide bonds. The highest BCUT2D eigenvalue weighted by Gasteiger charge is 2.34. The third-order valence-corrected chi connectivity index (χ3v) is 15.1. The summed E-state index contributed by atoms with van der Waals surface area (Å²) in [5.74, 6) is 4.03. The van der Waals surface area contributed by atoms with Crippen molar-refractivity contribution in [2.75, 3.05) is 21.3 Å². The highest BCUT2D eigenvalue weighted by molar-refractivity contribution is 6.03. The van der Waals surface area contributed by atoms with E-state index in [0.29, 0.717) is 96.4 Å². The van der Waals surface area contributed by atoms with Crippen LogP contribution in [-0.2, 0) is 54.3 Å². The van der Waals surface area contributed by atoms with Gasteiger partial charge < -0.3 is 45.3 Å². The molecular weight excluding hydrogens is 1220 g/mol. The van der Waals surface area contributed by atoms with E-state index < -0.39 is 12.0 Å². The van der Waals surface area contributed by atoms with Gasteiger partial charge in [-0.3, -0.25) is 48.8 Å². The Balaban J connectivity index is 0.000000152. The van der Waals surface area contributed by atoms with E-state index in [9.17, 15) is 24.3 Å². The Kier molecular flexibility index (Phi) is 26.4. The van der Waals surface area contributed by atoms with Crippen LogP contribution in [0.5, 0.6) is 23.0 Å². The Morgan fingerprint density at radius 1 is 0.526 bits per heavy atom. The van der Waals surface area contributed by atoms with Gasteiger partial charge in [0.1, 0.15) is 61.2 Å². The van der Waals surface area contributed by atoms with Gasteiger partial charge in [-0.15, -0.1) is 0 Å². The van der Waals surface area contributed by atoms with E-state index in [4.69, 9.17) is 18.9 Å². The Bertz CT molecular complexity index is 4160. The second-order valence-electron chi connectivity index (χ2n) is 23.5. The number of aryl methyl sites for hydroxylation is 2. The lowest BCUT2D eigenvalue weighted by Crippen LogP contribution is -2.28. The molecule has 6 aromatic heterocycles. The molecule has 4 aromatic carbocycles. The number of fused-ring (bicyclic) bond motifs is 2. The van der Waals surface area contributed by atoms with Crippen LogP contribution in [0.4, 0.5) is 22.7 Å². The summed E-state index contributed by atoms with van der Waals surface area (Å²) in [7, 11) is 1.75. The fourth-order valence-corrected chi connectivity index (χ4v) is 10.4. The molecule has 10 aromatic rings. The Morgan fingerprint density at radius 3 is 1.33 bits per heavy atom. The molecule has 1 fully saturated rings. The van der Waals surface area contributed by atoms with Crippen molar-refractivity contribution in [1.82, 2.24) is 34.7 Å². The number of carbonyl (C=O) groups is 4. The summed E-state index contributed by atoms with van der Waals surface area (Å²) in [6.07, 6.45) is 27.8. The summed E-state index contributed by atoms with van der Waals surface area (Å²) >= 11 is 0. The van der Waals surface area contributed by atoms with E-state index in [1.165, 1.54) is 12.8 Å². The molecule has 2 aliphatic carbocycles. The molecule has 1 saturated carbocycles. The predicted octanol–water partition coefficient (Wildman–Crippen LogP) is 13.6. The highest BCUT2D eigenvalue weighted by Crippen LogP contribution is 2.44. The van der Waals surface area contributed by atoms with Crippen molar-refractivity contribution < 1.29 is 43.2 Å². The van der Waals surface area contributed by atoms with Crippen LogP contribution in [0.15, 0.2) is 250 Å². The summed E-state index contributed by atoms with van der Waals surface area (Å²) in [5.41, 5.74) is 8.83. The number of aliphatic hydroxyl groups is 1. The molecule has 97 heavy (non-hydrogen) atoms. The van der Waals surface area contributed by atoms with Crippen molar-refractivity contribution in [3.63, 3.8) is 0 Å². The zero-order valence-electron chi connectivity index (χ0n) is 54.6. The normalized spacial score (nSPS) is 14.2. The monoisotopic (exact) mass is 1300 g/mol. The first-order chi connectivity index (χ1) is 47.2. The van der Waals surface area contributed by atoms with Crippen LogP contribution in [0.3, 0.4) is 0 Å². The number of amides is 4. The summed E-state index contributed by atoms with van der Waals surface area (Å²) in [5, 5.41) is 25.3. The van der Waals surface area contributed by atoms with E-state index in [0.717, 1.165) is 39.2 Å². The lowest BCUT2D eigenvalue weighted by Gasteiger charge is -2.14. The van der Waals surface area contributed by atoms with Gasteiger partial charge in [0.25, 0.3) is 11.8 Å². The van der Waals surface area contributed by atoms with E-state index >= 15 is 0 Å². The van der Waals surface area contributed by atoms with Crippen LogP contribution in [0.1, 0.15) is 77.1 Å². The number of hydrogen-bond acceptors (Lipinski definition) is 15. The lowest BCUT2D eigenvalue weighted by molar-refractivity contribution is -0.124. The van der Waals surface area contributed by atoms with E-state index in [-0.39, 0.29) is 30.1 Å². The van der Waals surface area contributed by atoms with Gasteiger partial charge in [0.2, 0.25) is 11.8 Å². The second-order valence-corrected chi connectivity index (χ2v) is 23.5. The number of aromatic nitrogens is 7. The number of benzene rings is 4. The van der Waals surface area contributed by atoms with Gasteiger partial charge in [-0.2, -0.15) is 5.10 Å². The third kappa shape index (κ3) is 24.0. The molecule has 6 heterocycles. The van der Waals surface area contributed by atoms with Gasteiger partial charge >= 0.3 is 0 Å². The molecule has 5 N–H and O–H groups in total. The van der Waals surface area contributed by atoms with Crippen molar-refractivity contribution in [2.45, 2.75) is 79.0 Å². The maximum Gasteiger partial charge on any atom is 0.273 e. The molecule has 12 rings (SSSR count). The van der Waals surface area contributed by atoms with Crippen LogP contribution in [-0.4, -0.2) is 69.5 Å². The molecule has 20 heteroatoms. The maximum absolute atomic E-state index is 12.3. The number of hydrogen-bond donors (Lipinski definition) is 5. The van der Waals surface area contributed by atoms with Crippen molar-refractivity contribution in [2.24, 2.45) is 30.7 Å². The predicted molar refractivity (Wildman–Crippen MR) is 373 cm³/mol. The Morgan fingerprint density at radius 2 is 0.948 bits per heavy atom. The van der Waals surface area contributed by atoms with Gasteiger partial charge in [0.15, 0.2) is 0 Å². The average molecular weight is 1300 g/mol. The molecular formula is C77H79N11O9. The number of rotatable bonds is 24. The van der Waals surface area contributed by atoms with Crippen molar-refractivity contribution in [3.05, 3.63) is 289 Å². The molecule has 496 valence electrons. The summed E-state index contributed by atoms with van der Waals surface area (Å²) < 4.78 is 24.5. The first kappa shape index (κ1) is 69.7. The van der Waals surface area contributed by atoms with Crippen molar-refractivity contribution in [3.8, 4) is 23.0 Å². The topological polar surface area (TPSA) is 256 Å². The number of ether oxygens (including phenoxy) is 4. The SMILES string of the molecule is CC(C)CC(O)C(=O)Nc1cccc(OCc2cccnc2)c1.Cc1cc(C(=O)Nc2cccc(OCc3cccnc3)c2)n(C)n1.O=C(/C=C/C1C[C@H]2C=C[C@@H]1C2)Nc1cccc(OCc2cccnc2)c1.O=C(Cc1cccnc1)Nc1cccc(OCc2cccnc2)c1. The Hall–Kier alpha value is -11.6. The minimum Gasteiger partial charge on any atom is -0.489 e. The largest absolute Gasteiger partial charge is 0.489 e. The number of anilines is 4. The number of nitrogens with one attached hydrogen (secondary N) is 4. The first-order valence-electron chi connectivity index (χ1n) is 31.9. The number of pyridine rings is 5. The molecule has 2 unspecified atom stereocenters. The van der Waals surface area contributed by atoms with E-state index in [2.05, 4.69) is 69.5 Å². The molecule has 0 spiro atoms. The smallest absolute Gasteiger partial charge is 0.273 e. The fraction of sp³-hybridized carbons (Fsp3) is 0.221. The number of carbonyl (C=O) groups excluding carboxylic acids is 4. The van der Waals surface area contributed by atoms with Crippen LogP contribution in [0, 0.1) is 30.6 Å².